The first-order chi connectivity index (χ1) is 15.9. The fourth-order valence-corrected chi connectivity index (χ4v) is 4.70. The lowest BCUT2D eigenvalue weighted by Crippen LogP contribution is -2.36. The van der Waals surface area contributed by atoms with E-state index in [9.17, 15) is 9.59 Å². The maximum atomic E-state index is 13.0. The molecule has 1 atom stereocenters. The number of rotatable bonds is 10. The molecule has 0 saturated carbocycles. The number of carbonyl (C=O) groups excluding carboxylic acids is 2. The number of benzene rings is 2. The highest BCUT2D eigenvalue weighted by Gasteiger charge is 2.28. The summed E-state index contributed by atoms with van der Waals surface area (Å²) >= 11 is 6.31. The minimum Gasteiger partial charge on any atom is -0.489 e. The smallest absolute Gasteiger partial charge is 0.223 e. The second kappa shape index (κ2) is 12.2. The summed E-state index contributed by atoms with van der Waals surface area (Å²) in [5.41, 5.74) is 1.84. The Morgan fingerprint density at radius 1 is 1.12 bits per heavy atom. The van der Waals surface area contributed by atoms with Crippen molar-refractivity contribution in [1.82, 2.24) is 10.2 Å². The van der Waals surface area contributed by atoms with Crippen LogP contribution in [0, 0.1) is 11.8 Å². The number of nitrogens with one attached hydrogen (secondary N) is 1. The van der Waals surface area contributed by atoms with Gasteiger partial charge >= 0.3 is 0 Å². The van der Waals surface area contributed by atoms with Gasteiger partial charge < -0.3 is 10.1 Å². The van der Waals surface area contributed by atoms with Crippen molar-refractivity contribution in [3.63, 3.8) is 0 Å². The summed E-state index contributed by atoms with van der Waals surface area (Å²) in [6, 6.07) is 15.6. The standard InChI is InChI=1S/C27H35ClN2O3/c1-19(2)33-26-10-9-22(16-24(26)28)25(31)17-23(27(32)29-3)15-20-11-13-30(14-12-20)18-21-7-5-4-6-8-21/h4-10,16,19-20,23H,11-15,17-18H2,1-3H3,(H,29,32)/t23-/m1/s1. The van der Waals surface area contributed by atoms with Crippen molar-refractivity contribution in [1.29, 1.82) is 0 Å². The molecule has 33 heavy (non-hydrogen) atoms. The van der Waals surface area contributed by atoms with E-state index in [-0.39, 0.29) is 30.1 Å². The van der Waals surface area contributed by atoms with Crippen LogP contribution >= 0.6 is 11.6 Å². The van der Waals surface area contributed by atoms with Gasteiger partial charge in [0.2, 0.25) is 5.91 Å². The van der Waals surface area contributed by atoms with Gasteiger partial charge in [0.25, 0.3) is 0 Å². The van der Waals surface area contributed by atoms with Crippen LogP contribution in [-0.2, 0) is 11.3 Å². The quantitative estimate of drug-likeness (QED) is 0.474. The summed E-state index contributed by atoms with van der Waals surface area (Å²) in [6.45, 7) is 6.84. The Balaban J connectivity index is 1.56. The molecule has 1 N–H and O–H groups in total. The fourth-order valence-electron chi connectivity index (χ4n) is 4.48. The van der Waals surface area contributed by atoms with Crippen molar-refractivity contribution >= 4 is 23.3 Å². The molecule has 5 nitrogen and oxygen atoms in total. The topological polar surface area (TPSA) is 58.6 Å². The molecule has 1 heterocycles. The molecule has 2 aromatic carbocycles. The van der Waals surface area contributed by atoms with Gasteiger partial charge in [0.15, 0.2) is 5.78 Å². The zero-order valence-electron chi connectivity index (χ0n) is 19.9. The van der Waals surface area contributed by atoms with Crippen LogP contribution in [0.15, 0.2) is 48.5 Å². The number of halogens is 1. The Hall–Kier alpha value is -2.37. The van der Waals surface area contributed by atoms with Gasteiger partial charge in [-0.2, -0.15) is 0 Å². The molecular formula is C27H35ClN2O3. The second-order valence-corrected chi connectivity index (χ2v) is 9.60. The average Bonchev–Trinajstić information content (AvgIpc) is 2.81. The molecular weight excluding hydrogens is 436 g/mol. The molecule has 3 rings (SSSR count). The third-order valence-electron chi connectivity index (χ3n) is 6.24. The number of hydrogen-bond donors (Lipinski definition) is 1. The van der Waals surface area contributed by atoms with Gasteiger partial charge in [0, 0.05) is 31.5 Å². The zero-order chi connectivity index (χ0) is 23.8. The summed E-state index contributed by atoms with van der Waals surface area (Å²) in [7, 11) is 1.64. The molecule has 0 bridgehead atoms. The van der Waals surface area contributed by atoms with Crippen molar-refractivity contribution in [2.75, 3.05) is 20.1 Å². The molecule has 1 saturated heterocycles. The number of ketones is 1. The minimum absolute atomic E-state index is 0.000734. The molecule has 1 amide bonds. The number of piperidine rings is 1. The molecule has 1 aliphatic heterocycles. The predicted octanol–water partition coefficient (Wildman–Crippen LogP) is 5.36. The fraction of sp³-hybridized carbons (Fsp3) is 0.481. The van der Waals surface area contributed by atoms with E-state index in [4.69, 9.17) is 16.3 Å². The van der Waals surface area contributed by atoms with Crippen molar-refractivity contribution in [3.05, 3.63) is 64.7 Å². The Morgan fingerprint density at radius 3 is 2.42 bits per heavy atom. The molecule has 1 fully saturated rings. The Bertz CT molecular complexity index is 924. The first-order valence-corrected chi connectivity index (χ1v) is 12.2. The summed E-state index contributed by atoms with van der Waals surface area (Å²) in [4.78, 5) is 28.0. The number of amides is 1. The van der Waals surface area contributed by atoms with Crippen LogP contribution in [0.25, 0.3) is 0 Å². The molecule has 0 aromatic heterocycles. The molecule has 6 heteroatoms. The first-order valence-electron chi connectivity index (χ1n) is 11.8. The Labute approximate surface area is 202 Å². The SMILES string of the molecule is CNC(=O)[C@@H](CC(=O)c1ccc(OC(C)C)c(Cl)c1)CC1CCN(Cc2ccccc2)CC1. The highest BCUT2D eigenvalue weighted by atomic mass is 35.5. The maximum absolute atomic E-state index is 13.0. The van der Waals surface area contributed by atoms with Gasteiger partial charge in [-0.3, -0.25) is 14.5 Å². The van der Waals surface area contributed by atoms with Crippen LogP contribution in [0.2, 0.25) is 5.02 Å². The van der Waals surface area contributed by atoms with Gasteiger partial charge in [0.1, 0.15) is 5.75 Å². The molecule has 178 valence electrons. The van der Waals surface area contributed by atoms with E-state index in [1.165, 1.54) is 5.56 Å². The van der Waals surface area contributed by atoms with Gasteiger partial charge in [0.05, 0.1) is 11.1 Å². The van der Waals surface area contributed by atoms with Crippen LogP contribution < -0.4 is 10.1 Å². The first kappa shape index (κ1) is 25.3. The van der Waals surface area contributed by atoms with Gasteiger partial charge in [-0.05, 0) is 75.9 Å². The number of ether oxygens (including phenoxy) is 1. The summed E-state index contributed by atoms with van der Waals surface area (Å²) < 4.78 is 5.65. The zero-order valence-corrected chi connectivity index (χ0v) is 20.6. The van der Waals surface area contributed by atoms with E-state index < -0.39 is 0 Å². The molecule has 0 spiro atoms. The number of nitrogens with zero attached hydrogens (tertiary/aromatic N) is 1. The Morgan fingerprint density at radius 2 is 1.82 bits per heavy atom. The lowest BCUT2D eigenvalue weighted by atomic mass is 9.83. The van der Waals surface area contributed by atoms with E-state index in [1.54, 1.807) is 25.2 Å². The molecule has 0 aliphatic carbocycles. The molecule has 0 radical (unpaired) electrons. The number of Topliss-reactive ketones (excluding diaryl/α,β-unsaturated/α-hetero) is 1. The van der Waals surface area contributed by atoms with Gasteiger partial charge in [-0.1, -0.05) is 41.9 Å². The van der Waals surface area contributed by atoms with E-state index in [1.807, 2.05) is 19.9 Å². The number of carbonyl (C=O) groups is 2. The van der Waals surface area contributed by atoms with E-state index in [2.05, 4.69) is 34.5 Å². The number of likely N-dealkylation sites (tertiary alicyclic amines) is 1. The largest absolute Gasteiger partial charge is 0.489 e. The third-order valence-corrected chi connectivity index (χ3v) is 6.53. The lowest BCUT2D eigenvalue weighted by Gasteiger charge is -2.33. The number of hydrogen-bond acceptors (Lipinski definition) is 4. The second-order valence-electron chi connectivity index (χ2n) is 9.19. The maximum Gasteiger partial charge on any atom is 0.223 e. The van der Waals surface area contributed by atoms with Crippen LogP contribution in [0.4, 0.5) is 0 Å². The van der Waals surface area contributed by atoms with Crippen molar-refractivity contribution < 1.29 is 14.3 Å². The average molecular weight is 471 g/mol. The van der Waals surface area contributed by atoms with Gasteiger partial charge in [-0.25, -0.2) is 0 Å². The van der Waals surface area contributed by atoms with Crippen LogP contribution in [0.5, 0.6) is 5.75 Å². The van der Waals surface area contributed by atoms with Crippen LogP contribution in [-0.4, -0.2) is 42.8 Å². The minimum atomic E-state index is -0.335. The molecule has 1 aliphatic rings. The van der Waals surface area contributed by atoms with E-state index >= 15 is 0 Å². The Kier molecular flexibility index (Phi) is 9.33. The van der Waals surface area contributed by atoms with Crippen molar-refractivity contribution in [2.45, 2.75) is 52.2 Å². The third kappa shape index (κ3) is 7.58. The normalized spacial score (nSPS) is 15.9. The van der Waals surface area contributed by atoms with E-state index in [0.717, 1.165) is 38.9 Å². The highest BCUT2D eigenvalue weighted by Crippen LogP contribution is 2.30. The highest BCUT2D eigenvalue weighted by molar-refractivity contribution is 6.32. The summed E-state index contributed by atoms with van der Waals surface area (Å²) in [6.07, 6.45) is 3.00. The molecule has 2 aromatic rings. The lowest BCUT2D eigenvalue weighted by molar-refractivity contribution is -0.125. The molecule has 0 unspecified atom stereocenters. The van der Waals surface area contributed by atoms with Crippen molar-refractivity contribution in [2.24, 2.45) is 11.8 Å². The predicted molar refractivity (Wildman–Crippen MR) is 133 cm³/mol. The van der Waals surface area contributed by atoms with E-state index in [0.29, 0.717) is 22.3 Å². The van der Waals surface area contributed by atoms with Crippen LogP contribution in [0.3, 0.4) is 0 Å². The summed E-state index contributed by atoms with van der Waals surface area (Å²) in [5, 5.41) is 3.16. The van der Waals surface area contributed by atoms with Gasteiger partial charge in [-0.15, -0.1) is 0 Å². The van der Waals surface area contributed by atoms with Crippen molar-refractivity contribution in [3.8, 4) is 5.75 Å². The van der Waals surface area contributed by atoms with Crippen LogP contribution in [0.1, 0.15) is 55.5 Å². The monoisotopic (exact) mass is 470 g/mol. The summed E-state index contributed by atoms with van der Waals surface area (Å²) in [5.74, 6) is 0.536.